The first kappa shape index (κ1) is 15.7. The second-order valence-corrected chi connectivity index (χ2v) is 7.85. The zero-order valence-electron chi connectivity index (χ0n) is 14.5. The number of thiophene rings is 1. The second-order valence-electron chi connectivity index (χ2n) is 6.77. The predicted molar refractivity (Wildman–Crippen MR) is 111 cm³/mol. The van der Waals surface area contributed by atoms with Crippen LogP contribution >= 0.6 is 11.3 Å². The van der Waals surface area contributed by atoms with Gasteiger partial charge in [-0.05, 0) is 42.5 Å². The summed E-state index contributed by atoms with van der Waals surface area (Å²) in [6.07, 6.45) is 1.74. The normalized spacial score (nSPS) is 11.9. The van der Waals surface area contributed by atoms with Crippen LogP contribution in [0.5, 0.6) is 0 Å². The molecular formula is C23H12F2N2S. The van der Waals surface area contributed by atoms with E-state index in [0.717, 1.165) is 43.5 Å². The molecule has 28 heavy (non-hydrogen) atoms. The van der Waals surface area contributed by atoms with Gasteiger partial charge in [-0.2, -0.15) is 0 Å². The molecule has 3 aromatic carbocycles. The van der Waals surface area contributed by atoms with E-state index in [2.05, 4.69) is 29.2 Å². The average molecular weight is 386 g/mol. The van der Waals surface area contributed by atoms with E-state index in [-0.39, 0.29) is 0 Å². The molecule has 0 radical (unpaired) electrons. The van der Waals surface area contributed by atoms with Crippen LogP contribution in [0.2, 0.25) is 0 Å². The van der Waals surface area contributed by atoms with Crippen LogP contribution in [0.4, 0.5) is 8.78 Å². The van der Waals surface area contributed by atoms with E-state index in [1.165, 1.54) is 16.8 Å². The van der Waals surface area contributed by atoms with Crippen molar-refractivity contribution in [2.24, 2.45) is 0 Å². The predicted octanol–water partition coefficient (Wildman–Crippen LogP) is 6.82. The Morgan fingerprint density at radius 2 is 1.61 bits per heavy atom. The summed E-state index contributed by atoms with van der Waals surface area (Å²) in [4.78, 5) is 4.57. The molecule has 3 aromatic heterocycles. The Bertz CT molecular complexity index is 1520. The summed E-state index contributed by atoms with van der Waals surface area (Å²) >= 11 is 1.71. The zero-order valence-corrected chi connectivity index (χ0v) is 15.3. The molecule has 2 nitrogen and oxygen atoms in total. The first-order valence-electron chi connectivity index (χ1n) is 8.86. The Balaban J connectivity index is 1.93. The quantitative estimate of drug-likeness (QED) is 0.303. The number of fused-ring (bicyclic) bond motifs is 7. The first-order chi connectivity index (χ1) is 13.7. The van der Waals surface area contributed by atoms with Crippen LogP contribution in [-0.2, 0) is 0 Å². The van der Waals surface area contributed by atoms with Gasteiger partial charge in [0.25, 0.3) is 0 Å². The summed E-state index contributed by atoms with van der Waals surface area (Å²) in [6, 6.07) is 19.8. The highest BCUT2D eigenvalue weighted by molar-refractivity contribution is 7.26. The highest BCUT2D eigenvalue weighted by Gasteiger charge is 2.19. The lowest BCUT2D eigenvalue weighted by atomic mass is 10.1. The maximum absolute atomic E-state index is 14.1. The van der Waals surface area contributed by atoms with Crippen molar-refractivity contribution in [3.05, 3.63) is 84.6 Å². The third-order valence-corrected chi connectivity index (χ3v) is 6.26. The van der Waals surface area contributed by atoms with E-state index in [4.69, 9.17) is 0 Å². The maximum Gasteiger partial charge on any atom is 0.128 e. The molecule has 0 saturated heterocycles. The van der Waals surface area contributed by atoms with Gasteiger partial charge in [-0.3, -0.25) is 4.98 Å². The molecular weight excluding hydrogens is 374 g/mol. The molecule has 0 aliphatic heterocycles. The lowest BCUT2D eigenvalue weighted by molar-refractivity contribution is 0.582. The number of pyridine rings is 1. The number of hydrogen-bond donors (Lipinski definition) is 0. The Morgan fingerprint density at radius 3 is 2.46 bits per heavy atom. The van der Waals surface area contributed by atoms with E-state index in [1.807, 2.05) is 28.8 Å². The maximum atomic E-state index is 14.1. The number of aromatic nitrogens is 2. The second kappa shape index (κ2) is 5.59. The Kier molecular flexibility index (Phi) is 3.14. The fourth-order valence-corrected chi connectivity index (χ4v) is 5.17. The highest BCUT2D eigenvalue weighted by atomic mass is 32.1. The fraction of sp³-hybridized carbons (Fsp3) is 0. The van der Waals surface area contributed by atoms with E-state index < -0.39 is 11.6 Å². The van der Waals surface area contributed by atoms with E-state index in [1.54, 1.807) is 17.5 Å². The van der Waals surface area contributed by atoms with E-state index in [0.29, 0.717) is 5.69 Å². The third kappa shape index (κ3) is 2.08. The van der Waals surface area contributed by atoms with Crippen molar-refractivity contribution in [1.82, 2.24) is 9.55 Å². The molecule has 134 valence electrons. The molecule has 0 N–H and O–H groups in total. The third-order valence-electron chi connectivity index (χ3n) is 5.13. The minimum Gasteiger partial charge on any atom is -0.307 e. The van der Waals surface area contributed by atoms with Gasteiger partial charge < -0.3 is 4.57 Å². The van der Waals surface area contributed by atoms with Gasteiger partial charge >= 0.3 is 0 Å². The van der Waals surface area contributed by atoms with Crippen molar-refractivity contribution in [2.45, 2.75) is 0 Å². The van der Waals surface area contributed by atoms with Crippen LogP contribution in [0, 0.1) is 11.6 Å². The molecule has 6 rings (SSSR count). The van der Waals surface area contributed by atoms with E-state index >= 15 is 0 Å². The molecule has 5 heteroatoms. The van der Waals surface area contributed by atoms with Crippen molar-refractivity contribution in [2.75, 3.05) is 0 Å². The number of rotatable bonds is 1. The van der Waals surface area contributed by atoms with Crippen molar-refractivity contribution in [3.63, 3.8) is 0 Å². The number of hydrogen-bond acceptors (Lipinski definition) is 2. The largest absolute Gasteiger partial charge is 0.307 e. The van der Waals surface area contributed by atoms with E-state index in [9.17, 15) is 8.78 Å². The van der Waals surface area contributed by atoms with Crippen molar-refractivity contribution < 1.29 is 8.78 Å². The Labute approximate surface area is 162 Å². The number of nitrogens with zero attached hydrogens (tertiary/aromatic N) is 2. The summed E-state index contributed by atoms with van der Waals surface area (Å²) in [5.41, 5.74) is 3.02. The van der Waals surface area contributed by atoms with Crippen LogP contribution in [-0.4, -0.2) is 9.55 Å². The SMILES string of the molecule is Fc1cc(F)cc(-n2c3cccnc3c3ccc4sc5ccccc5c4c32)c1. The number of benzene rings is 3. The van der Waals surface area contributed by atoms with Crippen LogP contribution in [0.15, 0.2) is 72.9 Å². The lowest BCUT2D eigenvalue weighted by Gasteiger charge is -2.09. The van der Waals surface area contributed by atoms with Gasteiger partial charge in [0.05, 0.1) is 22.2 Å². The molecule has 0 spiro atoms. The minimum atomic E-state index is -0.601. The van der Waals surface area contributed by atoms with Crippen LogP contribution in [0.3, 0.4) is 0 Å². The van der Waals surface area contributed by atoms with Gasteiger partial charge in [0.2, 0.25) is 0 Å². The van der Waals surface area contributed by atoms with Crippen molar-refractivity contribution in [3.8, 4) is 5.69 Å². The highest BCUT2D eigenvalue weighted by Crippen LogP contribution is 2.42. The molecule has 0 amide bonds. The van der Waals surface area contributed by atoms with Crippen molar-refractivity contribution >= 4 is 53.4 Å². The van der Waals surface area contributed by atoms with Gasteiger partial charge in [0.15, 0.2) is 0 Å². The molecule has 0 fully saturated rings. The summed E-state index contributed by atoms with van der Waals surface area (Å²) in [6.45, 7) is 0. The first-order valence-corrected chi connectivity index (χ1v) is 9.68. The van der Waals surface area contributed by atoms with Gasteiger partial charge in [-0.25, -0.2) is 8.78 Å². The van der Waals surface area contributed by atoms with Crippen LogP contribution in [0.1, 0.15) is 0 Å². The van der Waals surface area contributed by atoms with Crippen LogP contribution < -0.4 is 0 Å². The van der Waals surface area contributed by atoms with Gasteiger partial charge in [0, 0.05) is 37.8 Å². The standard InChI is InChI=1S/C23H12F2N2S/c24-13-10-14(25)12-15(11-13)27-18-5-3-9-26-22(18)17-7-8-20-21(23(17)27)16-4-1-2-6-19(16)28-20/h1-12H. The monoisotopic (exact) mass is 386 g/mol. The summed E-state index contributed by atoms with van der Waals surface area (Å²) in [5, 5.41) is 3.19. The molecule has 0 unspecified atom stereocenters. The fourth-order valence-electron chi connectivity index (χ4n) is 4.06. The topological polar surface area (TPSA) is 17.8 Å². The molecule has 6 aromatic rings. The zero-order chi connectivity index (χ0) is 18.8. The molecule has 0 aliphatic rings. The van der Waals surface area contributed by atoms with Crippen molar-refractivity contribution in [1.29, 1.82) is 0 Å². The Morgan fingerprint density at radius 1 is 0.786 bits per heavy atom. The Hall–Kier alpha value is -3.31. The molecule has 0 bridgehead atoms. The lowest BCUT2D eigenvalue weighted by Crippen LogP contribution is -1.96. The minimum absolute atomic E-state index is 0.452. The smallest absolute Gasteiger partial charge is 0.128 e. The number of halogens is 2. The van der Waals surface area contributed by atoms with Gasteiger partial charge in [-0.1, -0.05) is 18.2 Å². The molecule has 3 heterocycles. The molecule has 0 aliphatic carbocycles. The van der Waals surface area contributed by atoms with Crippen LogP contribution in [0.25, 0.3) is 47.8 Å². The summed E-state index contributed by atoms with van der Waals surface area (Å²) < 4.78 is 32.4. The average Bonchev–Trinajstić information content (AvgIpc) is 3.22. The molecule has 0 saturated carbocycles. The van der Waals surface area contributed by atoms with Gasteiger partial charge in [-0.15, -0.1) is 11.3 Å². The molecule has 0 atom stereocenters. The van der Waals surface area contributed by atoms with Gasteiger partial charge in [0.1, 0.15) is 11.6 Å². The summed E-state index contributed by atoms with van der Waals surface area (Å²) in [7, 11) is 0. The summed E-state index contributed by atoms with van der Waals surface area (Å²) in [5.74, 6) is -1.20.